The van der Waals surface area contributed by atoms with Gasteiger partial charge in [-0.25, -0.2) is 0 Å². The van der Waals surface area contributed by atoms with Crippen LogP contribution in [0.1, 0.15) is 21.5 Å². The number of benzene rings is 3. The summed E-state index contributed by atoms with van der Waals surface area (Å²) in [5, 5.41) is 27.2. The van der Waals surface area contributed by atoms with E-state index in [0.717, 1.165) is 11.6 Å². The Bertz CT molecular complexity index is 1270. The molecule has 3 rings (SSSR count). The highest BCUT2D eigenvalue weighted by atomic mass is 16.6. The molecule has 0 radical (unpaired) electrons. The van der Waals surface area contributed by atoms with Crippen LogP contribution in [0.2, 0.25) is 0 Å². The van der Waals surface area contributed by atoms with Crippen molar-refractivity contribution in [1.29, 1.82) is 0 Å². The van der Waals surface area contributed by atoms with Crippen LogP contribution in [-0.2, 0) is 4.79 Å². The first kappa shape index (κ1) is 22.8. The van der Waals surface area contributed by atoms with Gasteiger partial charge >= 0.3 is 0 Å². The molecule has 0 spiro atoms. The third kappa shape index (κ3) is 6.07. The van der Waals surface area contributed by atoms with Gasteiger partial charge in [-0.2, -0.15) is 0 Å². The summed E-state index contributed by atoms with van der Waals surface area (Å²) in [7, 11) is 0. The van der Waals surface area contributed by atoms with Crippen molar-refractivity contribution < 1.29 is 19.4 Å². The summed E-state index contributed by atoms with van der Waals surface area (Å²) < 4.78 is 0. The molecule has 33 heavy (non-hydrogen) atoms. The standard InChI is InChI=1S/C23H18N4O6/c1-15-8-10-18(11-9-15)24-23(29)21(13-16-4-2-6-19(12-16)26(30)31)25-22(28)17-5-3-7-20(14-17)27(32)33/h2-14H,1H3,(H,24,29)(H,25,28)/b21-13+. The maximum absolute atomic E-state index is 12.9. The number of non-ortho nitro benzene ring substituents is 2. The summed E-state index contributed by atoms with van der Waals surface area (Å²) in [5.74, 6) is -1.43. The number of hydrogen-bond donors (Lipinski definition) is 2. The van der Waals surface area contributed by atoms with E-state index in [1.165, 1.54) is 48.5 Å². The third-order valence-corrected chi connectivity index (χ3v) is 4.51. The monoisotopic (exact) mass is 446 g/mol. The number of nitro groups is 2. The molecule has 0 saturated carbocycles. The third-order valence-electron chi connectivity index (χ3n) is 4.51. The molecule has 0 heterocycles. The zero-order chi connectivity index (χ0) is 24.0. The fourth-order valence-electron chi connectivity index (χ4n) is 2.84. The minimum atomic E-state index is -0.755. The molecule has 0 saturated heterocycles. The Morgan fingerprint density at radius 3 is 2.09 bits per heavy atom. The molecule has 10 heteroatoms. The second kappa shape index (κ2) is 9.96. The Morgan fingerprint density at radius 2 is 1.45 bits per heavy atom. The van der Waals surface area contributed by atoms with Crippen LogP contribution in [0.15, 0.2) is 78.5 Å². The Kier molecular flexibility index (Phi) is 6.89. The van der Waals surface area contributed by atoms with E-state index in [2.05, 4.69) is 10.6 Å². The Labute approximate surface area is 187 Å². The molecule has 2 amide bonds. The van der Waals surface area contributed by atoms with Crippen LogP contribution >= 0.6 is 0 Å². The van der Waals surface area contributed by atoms with Gasteiger partial charge in [0.15, 0.2) is 0 Å². The van der Waals surface area contributed by atoms with Crippen molar-refractivity contribution in [3.63, 3.8) is 0 Å². The molecule has 0 aromatic heterocycles. The lowest BCUT2D eigenvalue weighted by molar-refractivity contribution is -0.385. The maximum atomic E-state index is 12.9. The van der Waals surface area contributed by atoms with Crippen molar-refractivity contribution in [1.82, 2.24) is 5.32 Å². The predicted octanol–water partition coefficient (Wildman–Crippen LogP) is 4.22. The Hall–Kier alpha value is -4.86. The maximum Gasteiger partial charge on any atom is 0.272 e. The van der Waals surface area contributed by atoms with E-state index >= 15 is 0 Å². The molecule has 3 aromatic carbocycles. The number of nitrogens with zero attached hydrogens (tertiary/aromatic N) is 2. The molecule has 10 nitrogen and oxygen atoms in total. The molecule has 166 valence electrons. The topological polar surface area (TPSA) is 144 Å². The van der Waals surface area contributed by atoms with Crippen LogP contribution in [0.25, 0.3) is 6.08 Å². The van der Waals surface area contributed by atoms with Gasteiger partial charge in [-0.05, 0) is 36.8 Å². The number of aryl methyl sites for hydroxylation is 1. The second-order valence-corrected chi connectivity index (χ2v) is 6.99. The molecule has 0 unspecified atom stereocenters. The number of nitrogens with one attached hydrogen (secondary N) is 2. The van der Waals surface area contributed by atoms with E-state index in [4.69, 9.17) is 0 Å². The van der Waals surface area contributed by atoms with Crippen LogP contribution in [0.3, 0.4) is 0 Å². The largest absolute Gasteiger partial charge is 0.321 e. The molecule has 0 bridgehead atoms. The molecular formula is C23H18N4O6. The summed E-state index contributed by atoms with van der Waals surface area (Å²) in [5.41, 5.74) is 1.06. The van der Waals surface area contributed by atoms with Gasteiger partial charge in [-0.1, -0.05) is 35.9 Å². The van der Waals surface area contributed by atoms with Crippen molar-refractivity contribution in [2.75, 3.05) is 5.32 Å². The zero-order valence-electron chi connectivity index (χ0n) is 17.3. The first-order valence-electron chi connectivity index (χ1n) is 9.63. The molecule has 0 aliphatic carbocycles. The fraction of sp³-hybridized carbons (Fsp3) is 0.0435. The smallest absolute Gasteiger partial charge is 0.272 e. The van der Waals surface area contributed by atoms with E-state index in [1.807, 2.05) is 6.92 Å². The number of rotatable bonds is 7. The number of carbonyl (C=O) groups excluding carboxylic acids is 2. The van der Waals surface area contributed by atoms with Crippen molar-refractivity contribution in [3.8, 4) is 0 Å². The summed E-state index contributed by atoms with van der Waals surface area (Å²) >= 11 is 0. The lowest BCUT2D eigenvalue weighted by Gasteiger charge is -2.11. The molecule has 0 aliphatic heterocycles. The Balaban J connectivity index is 1.94. The second-order valence-electron chi connectivity index (χ2n) is 6.99. The average molecular weight is 446 g/mol. The SMILES string of the molecule is Cc1ccc(NC(=O)/C(=C\c2cccc([N+](=O)[O-])c2)NC(=O)c2cccc([N+](=O)[O-])c2)cc1. The summed E-state index contributed by atoms with van der Waals surface area (Å²) in [4.78, 5) is 46.5. The first-order valence-corrected chi connectivity index (χ1v) is 9.63. The van der Waals surface area contributed by atoms with E-state index in [0.29, 0.717) is 11.3 Å². The van der Waals surface area contributed by atoms with Crippen LogP contribution in [0, 0.1) is 27.2 Å². The number of carbonyl (C=O) groups is 2. The van der Waals surface area contributed by atoms with Crippen molar-refractivity contribution in [3.05, 3.63) is 115 Å². The van der Waals surface area contributed by atoms with Gasteiger partial charge in [0.25, 0.3) is 23.2 Å². The lowest BCUT2D eigenvalue weighted by atomic mass is 10.1. The fourth-order valence-corrected chi connectivity index (χ4v) is 2.84. The van der Waals surface area contributed by atoms with Crippen LogP contribution in [0.5, 0.6) is 0 Å². The lowest BCUT2D eigenvalue weighted by Crippen LogP contribution is -2.30. The molecule has 0 aliphatic rings. The highest BCUT2D eigenvalue weighted by Gasteiger charge is 2.17. The van der Waals surface area contributed by atoms with Gasteiger partial charge in [0.1, 0.15) is 5.70 Å². The number of anilines is 1. The summed E-state index contributed by atoms with van der Waals surface area (Å²) in [6.07, 6.45) is 1.28. The van der Waals surface area contributed by atoms with E-state index in [1.54, 1.807) is 24.3 Å². The molecular weight excluding hydrogens is 428 g/mol. The van der Waals surface area contributed by atoms with Crippen molar-refractivity contribution >= 4 is 35.0 Å². The summed E-state index contributed by atoms with van der Waals surface area (Å²) in [6.45, 7) is 1.89. The Morgan fingerprint density at radius 1 is 0.848 bits per heavy atom. The van der Waals surface area contributed by atoms with Gasteiger partial charge < -0.3 is 10.6 Å². The normalized spacial score (nSPS) is 10.9. The van der Waals surface area contributed by atoms with Crippen LogP contribution < -0.4 is 10.6 Å². The van der Waals surface area contributed by atoms with E-state index in [-0.39, 0.29) is 22.6 Å². The predicted molar refractivity (Wildman–Crippen MR) is 121 cm³/mol. The summed E-state index contributed by atoms with van der Waals surface area (Å²) in [6, 6.07) is 17.5. The number of hydrogen-bond acceptors (Lipinski definition) is 6. The molecule has 3 aromatic rings. The molecule has 0 fully saturated rings. The average Bonchev–Trinajstić information content (AvgIpc) is 2.80. The zero-order valence-corrected chi connectivity index (χ0v) is 17.3. The van der Waals surface area contributed by atoms with Gasteiger partial charge in [0, 0.05) is 35.5 Å². The van der Waals surface area contributed by atoms with Gasteiger partial charge in [0.05, 0.1) is 9.85 Å². The van der Waals surface area contributed by atoms with E-state index < -0.39 is 21.7 Å². The van der Waals surface area contributed by atoms with Crippen molar-refractivity contribution in [2.24, 2.45) is 0 Å². The van der Waals surface area contributed by atoms with E-state index in [9.17, 15) is 29.8 Å². The van der Waals surface area contributed by atoms with Crippen molar-refractivity contribution in [2.45, 2.75) is 6.92 Å². The number of amides is 2. The van der Waals surface area contributed by atoms with Crippen LogP contribution in [-0.4, -0.2) is 21.7 Å². The van der Waals surface area contributed by atoms with Gasteiger partial charge in [0.2, 0.25) is 0 Å². The molecule has 0 atom stereocenters. The minimum Gasteiger partial charge on any atom is -0.321 e. The highest BCUT2D eigenvalue weighted by Crippen LogP contribution is 2.18. The minimum absolute atomic E-state index is 0.0303. The highest BCUT2D eigenvalue weighted by molar-refractivity contribution is 6.10. The first-order chi connectivity index (χ1) is 15.7. The quantitative estimate of drug-likeness (QED) is 0.316. The van der Waals surface area contributed by atoms with Gasteiger partial charge in [-0.3, -0.25) is 29.8 Å². The number of nitro benzene ring substituents is 2. The van der Waals surface area contributed by atoms with Crippen LogP contribution in [0.4, 0.5) is 17.1 Å². The molecule has 2 N–H and O–H groups in total. The van der Waals surface area contributed by atoms with Gasteiger partial charge in [-0.15, -0.1) is 0 Å².